The highest BCUT2D eigenvalue weighted by Gasteiger charge is 2.30. The molecule has 0 radical (unpaired) electrons. The first-order valence-electron chi connectivity index (χ1n) is 8.53. The molecule has 0 amide bonds. The van der Waals surface area contributed by atoms with E-state index in [0.717, 1.165) is 51.4 Å². The lowest BCUT2D eigenvalue weighted by atomic mass is 9.96. The average molecular weight is 335 g/mol. The number of hydrogen-bond acceptors (Lipinski definition) is 6. The summed E-state index contributed by atoms with van der Waals surface area (Å²) in [5.41, 5.74) is 0.531. The minimum absolute atomic E-state index is 0.0109. The van der Waals surface area contributed by atoms with Gasteiger partial charge in [-0.2, -0.15) is 0 Å². The van der Waals surface area contributed by atoms with Crippen LogP contribution in [0.3, 0.4) is 0 Å². The summed E-state index contributed by atoms with van der Waals surface area (Å²) in [5, 5.41) is 0. The average Bonchev–Trinajstić information content (AvgIpc) is 3.17. The van der Waals surface area contributed by atoms with Gasteiger partial charge in [0.25, 0.3) is 0 Å². The Morgan fingerprint density at radius 2 is 1.83 bits per heavy atom. The molecule has 2 heterocycles. The van der Waals surface area contributed by atoms with Crippen molar-refractivity contribution >= 4 is 5.97 Å². The second kappa shape index (κ2) is 8.46. The predicted molar refractivity (Wildman–Crippen MR) is 88.1 cm³/mol. The lowest BCUT2D eigenvalue weighted by molar-refractivity contribution is -0.0976. The fourth-order valence-electron chi connectivity index (χ4n) is 3.20. The second-order valence-electron chi connectivity index (χ2n) is 6.15. The Hall–Kier alpha value is -1.63. The summed E-state index contributed by atoms with van der Waals surface area (Å²) in [7, 11) is 1.38. The standard InChI is InChI=1S/C18H25NO5/c1-21-17(20)14-2-4-16(5-3-14)22-11-10-19-8-6-15(7-9-19)18-23-12-13-24-18/h2-5,15,18H,6-13H2,1H3. The van der Waals surface area contributed by atoms with Crippen LogP contribution in [0, 0.1) is 5.92 Å². The fourth-order valence-corrected chi connectivity index (χ4v) is 3.20. The summed E-state index contributed by atoms with van der Waals surface area (Å²) >= 11 is 0. The molecular weight excluding hydrogens is 310 g/mol. The van der Waals surface area contributed by atoms with Gasteiger partial charge in [-0.25, -0.2) is 4.79 Å². The maximum Gasteiger partial charge on any atom is 0.337 e. The molecule has 2 fully saturated rings. The number of piperidine rings is 1. The number of ether oxygens (including phenoxy) is 4. The molecular formula is C18H25NO5. The first-order chi connectivity index (χ1) is 11.8. The zero-order valence-corrected chi connectivity index (χ0v) is 14.1. The van der Waals surface area contributed by atoms with Crippen LogP contribution in [-0.2, 0) is 14.2 Å². The van der Waals surface area contributed by atoms with Crippen LogP contribution < -0.4 is 4.74 Å². The summed E-state index contributed by atoms with van der Waals surface area (Å²) in [6.07, 6.45) is 2.23. The first kappa shape index (κ1) is 17.2. The summed E-state index contributed by atoms with van der Waals surface area (Å²) < 4.78 is 21.6. The van der Waals surface area contributed by atoms with Crippen LogP contribution >= 0.6 is 0 Å². The monoisotopic (exact) mass is 335 g/mol. The molecule has 6 nitrogen and oxygen atoms in total. The Morgan fingerprint density at radius 1 is 1.17 bits per heavy atom. The van der Waals surface area contributed by atoms with Gasteiger partial charge in [0.05, 0.1) is 25.9 Å². The van der Waals surface area contributed by atoms with E-state index >= 15 is 0 Å². The Balaban J connectivity index is 1.35. The maximum absolute atomic E-state index is 11.4. The van der Waals surface area contributed by atoms with Crippen molar-refractivity contribution in [3.8, 4) is 5.75 Å². The van der Waals surface area contributed by atoms with Crippen molar-refractivity contribution in [3.05, 3.63) is 29.8 Å². The molecule has 0 aliphatic carbocycles. The summed E-state index contributed by atoms with van der Waals surface area (Å²) in [6, 6.07) is 7.03. The quantitative estimate of drug-likeness (QED) is 0.741. The third-order valence-electron chi connectivity index (χ3n) is 4.62. The van der Waals surface area contributed by atoms with E-state index in [1.54, 1.807) is 24.3 Å². The van der Waals surface area contributed by atoms with Gasteiger partial charge in [0.1, 0.15) is 12.4 Å². The van der Waals surface area contributed by atoms with Gasteiger partial charge in [-0.15, -0.1) is 0 Å². The van der Waals surface area contributed by atoms with E-state index in [1.165, 1.54) is 7.11 Å². The molecule has 0 spiro atoms. The Kier molecular flexibility index (Phi) is 6.07. The number of rotatable bonds is 6. The number of likely N-dealkylation sites (tertiary alicyclic amines) is 1. The molecule has 3 rings (SSSR count). The zero-order chi connectivity index (χ0) is 16.8. The molecule has 1 aromatic carbocycles. The largest absolute Gasteiger partial charge is 0.492 e. The van der Waals surface area contributed by atoms with Crippen molar-refractivity contribution in [2.45, 2.75) is 19.1 Å². The number of carbonyl (C=O) groups excluding carboxylic acids is 1. The van der Waals surface area contributed by atoms with Crippen LogP contribution in [-0.4, -0.2) is 63.7 Å². The number of benzene rings is 1. The summed E-state index contributed by atoms with van der Waals surface area (Å²) in [4.78, 5) is 13.8. The molecule has 2 aliphatic heterocycles. The number of esters is 1. The van der Waals surface area contributed by atoms with E-state index in [9.17, 15) is 4.79 Å². The number of hydrogen-bond donors (Lipinski definition) is 0. The van der Waals surface area contributed by atoms with Gasteiger partial charge in [-0.3, -0.25) is 4.90 Å². The van der Waals surface area contributed by atoms with Gasteiger partial charge in [0, 0.05) is 12.5 Å². The zero-order valence-electron chi connectivity index (χ0n) is 14.1. The van der Waals surface area contributed by atoms with E-state index in [0.29, 0.717) is 18.1 Å². The highest BCUT2D eigenvalue weighted by Crippen LogP contribution is 2.25. The lowest BCUT2D eigenvalue weighted by Gasteiger charge is -2.33. The molecule has 24 heavy (non-hydrogen) atoms. The van der Waals surface area contributed by atoms with Gasteiger partial charge in [0.15, 0.2) is 6.29 Å². The van der Waals surface area contributed by atoms with Crippen LogP contribution in [0.4, 0.5) is 0 Å². The SMILES string of the molecule is COC(=O)c1ccc(OCCN2CCC(C3OCCO3)CC2)cc1. The van der Waals surface area contributed by atoms with E-state index in [-0.39, 0.29) is 12.3 Å². The molecule has 2 aliphatic rings. The van der Waals surface area contributed by atoms with Crippen LogP contribution in [0.5, 0.6) is 5.75 Å². The third-order valence-corrected chi connectivity index (χ3v) is 4.62. The van der Waals surface area contributed by atoms with E-state index in [2.05, 4.69) is 9.64 Å². The molecule has 0 aromatic heterocycles. The minimum Gasteiger partial charge on any atom is -0.492 e. The molecule has 132 valence electrons. The molecule has 6 heteroatoms. The van der Waals surface area contributed by atoms with Crippen molar-refractivity contribution in [3.63, 3.8) is 0 Å². The van der Waals surface area contributed by atoms with Crippen molar-refractivity contribution in [2.24, 2.45) is 5.92 Å². The van der Waals surface area contributed by atoms with Crippen LogP contribution in [0.25, 0.3) is 0 Å². The normalized spacial score (nSPS) is 20.2. The van der Waals surface area contributed by atoms with Crippen LogP contribution in [0.1, 0.15) is 23.2 Å². The molecule has 0 saturated carbocycles. The molecule has 0 bridgehead atoms. The first-order valence-corrected chi connectivity index (χ1v) is 8.53. The Labute approximate surface area is 142 Å². The topological polar surface area (TPSA) is 57.2 Å². The van der Waals surface area contributed by atoms with E-state index < -0.39 is 0 Å². The van der Waals surface area contributed by atoms with Crippen molar-refractivity contribution < 1.29 is 23.7 Å². The Bertz CT molecular complexity index is 519. The highest BCUT2D eigenvalue weighted by molar-refractivity contribution is 5.89. The van der Waals surface area contributed by atoms with Gasteiger partial charge < -0.3 is 18.9 Å². The fraction of sp³-hybridized carbons (Fsp3) is 0.611. The predicted octanol–water partition coefficient (Wildman–Crippen LogP) is 1.94. The molecule has 0 N–H and O–H groups in total. The smallest absolute Gasteiger partial charge is 0.337 e. The minimum atomic E-state index is -0.334. The number of methoxy groups -OCH3 is 1. The highest BCUT2D eigenvalue weighted by atomic mass is 16.7. The molecule has 2 saturated heterocycles. The van der Waals surface area contributed by atoms with Crippen molar-refractivity contribution in [1.82, 2.24) is 4.90 Å². The van der Waals surface area contributed by atoms with Gasteiger partial charge in [-0.05, 0) is 50.2 Å². The number of carbonyl (C=O) groups is 1. The third kappa shape index (κ3) is 4.47. The Morgan fingerprint density at radius 3 is 2.46 bits per heavy atom. The van der Waals surface area contributed by atoms with Crippen LogP contribution in [0.15, 0.2) is 24.3 Å². The van der Waals surface area contributed by atoms with E-state index in [4.69, 9.17) is 14.2 Å². The van der Waals surface area contributed by atoms with Crippen LogP contribution in [0.2, 0.25) is 0 Å². The second-order valence-corrected chi connectivity index (χ2v) is 6.15. The molecule has 1 aromatic rings. The molecule has 0 atom stereocenters. The van der Waals surface area contributed by atoms with Crippen molar-refractivity contribution in [1.29, 1.82) is 0 Å². The van der Waals surface area contributed by atoms with Crippen molar-refractivity contribution in [2.75, 3.05) is 46.6 Å². The van der Waals surface area contributed by atoms with E-state index in [1.807, 2.05) is 0 Å². The summed E-state index contributed by atoms with van der Waals surface area (Å²) in [6.45, 7) is 5.11. The number of nitrogens with zero attached hydrogens (tertiary/aromatic N) is 1. The molecule has 0 unspecified atom stereocenters. The van der Waals surface area contributed by atoms with Gasteiger partial charge in [0.2, 0.25) is 0 Å². The summed E-state index contributed by atoms with van der Waals surface area (Å²) in [5.74, 6) is 0.959. The van der Waals surface area contributed by atoms with Gasteiger partial charge >= 0.3 is 5.97 Å². The van der Waals surface area contributed by atoms with Gasteiger partial charge in [-0.1, -0.05) is 0 Å². The maximum atomic E-state index is 11.4. The lowest BCUT2D eigenvalue weighted by Crippen LogP contribution is -2.39.